The van der Waals surface area contributed by atoms with Gasteiger partial charge >= 0.3 is 0 Å². The summed E-state index contributed by atoms with van der Waals surface area (Å²) in [4.78, 5) is 2.35. The van der Waals surface area contributed by atoms with Crippen LogP contribution >= 0.6 is 0 Å². The van der Waals surface area contributed by atoms with E-state index in [0.29, 0.717) is 12.1 Å². The van der Waals surface area contributed by atoms with Crippen LogP contribution in [0.3, 0.4) is 0 Å². The first-order chi connectivity index (χ1) is 5.27. The van der Waals surface area contributed by atoms with Crippen molar-refractivity contribution in [3.8, 4) is 0 Å². The summed E-state index contributed by atoms with van der Waals surface area (Å²) in [6.07, 6.45) is 1.60. The number of hydrogen-bond donors (Lipinski definition) is 1. The van der Waals surface area contributed by atoms with Gasteiger partial charge in [0.05, 0.1) is 6.10 Å². The van der Waals surface area contributed by atoms with Gasteiger partial charge in [-0.15, -0.1) is 0 Å². The van der Waals surface area contributed by atoms with Gasteiger partial charge in [-0.3, -0.25) is 4.90 Å². The van der Waals surface area contributed by atoms with E-state index in [1.54, 1.807) is 7.11 Å². The number of likely N-dealkylation sites (tertiary alicyclic amines) is 1. The summed E-state index contributed by atoms with van der Waals surface area (Å²) in [6.45, 7) is 2.14. The van der Waals surface area contributed by atoms with Gasteiger partial charge in [0.15, 0.2) is 0 Å². The maximum Gasteiger partial charge on any atom is 0.0713 e. The highest BCUT2D eigenvalue weighted by molar-refractivity contribution is 4.84. The first kappa shape index (κ1) is 8.97. The van der Waals surface area contributed by atoms with Crippen LogP contribution in [0.5, 0.6) is 0 Å². The lowest BCUT2D eigenvalue weighted by molar-refractivity contribution is 0.111. The lowest BCUT2D eigenvalue weighted by Crippen LogP contribution is -2.33. The molecule has 0 unspecified atom stereocenters. The molecule has 1 heterocycles. The molecule has 3 nitrogen and oxygen atoms in total. The highest BCUT2D eigenvalue weighted by Gasteiger charge is 2.28. The van der Waals surface area contributed by atoms with Gasteiger partial charge in [0, 0.05) is 26.2 Å². The van der Waals surface area contributed by atoms with Crippen LogP contribution in [-0.4, -0.2) is 51.3 Å². The average molecular weight is 158 g/mol. The zero-order chi connectivity index (χ0) is 8.27. The molecule has 0 spiro atoms. The number of nitrogens with one attached hydrogen (secondary N) is 1. The predicted molar refractivity (Wildman–Crippen MR) is 45.8 cm³/mol. The van der Waals surface area contributed by atoms with Crippen molar-refractivity contribution in [2.45, 2.75) is 18.6 Å². The zero-order valence-electron chi connectivity index (χ0n) is 7.63. The Labute approximate surface area is 68.7 Å². The first-order valence-corrected chi connectivity index (χ1v) is 4.15. The highest BCUT2D eigenvalue weighted by Crippen LogP contribution is 2.16. The van der Waals surface area contributed by atoms with Crippen molar-refractivity contribution in [3.63, 3.8) is 0 Å². The van der Waals surface area contributed by atoms with Gasteiger partial charge in [0.1, 0.15) is 0 Å². The van der Waals surface area contributed by atoms with Crippen LogP contribution in [0.4, 0.5) is 0 Å². The molecular formula is C8H18N2O. The second kappa shape index (κ2) is 4.04. The summed E-state index contributed by atoms with van der Waals surface area (Å²) >= 11 is 0. The molecule has 0 bridgehead atoms. The Hall–Kier alpha value is -0.120. The number of hydrogen-bond acceptors (Lipinski definition) is 3. The van der Waals surface area contributed by atoms with E-state index in [0.717, 1.165) is 19.5 Å². The van der Waals surface area contributed by atoms with Crippen LogP contribution in [0.15, 0.2) is 0 Å². The van der Waals surface area contributed by atoms with Crippen molar-refractivity contribution in [1.29, 1.82) is 0 Å². The Morgan fingerprint density at radius 3 is 2.82 bits per heavy atom. The average Bonchev–Trinajstić information content (AvgIpc) is 2.33. The van der Waals surface area contributed by atoms with Crippen LogP contribution in [0, 0.1) is 0 Å². The number of rotatable bonds is 3. The molecule has 0 saturated carbocycles. The lowest BCUT2D eigenvalue weighted by Gasteiger charge is -2.17. The van der Waals surface area contributed by atoms with Crippen LogP contribution in [0.25, 0.3) is 0 Å². The van der Waals surface area contributed by atoms with Crippen molar-refractivity contribution < 1.29 is 4.74 Å². The van der Waals surface area contributed by atoms with Gasteiger partial charge in [-0.1, -0.05) is 0 Å². The van der Waals surface area contributed by atoms with E-state index in [1.165, 1.54) is 0 Å². The topological polar surface area (TPSA) is 24.5 Å². The molecule has 0 aromatic heterocycles. The Kier molecular flexibility index (Phi) is 3.30. The minimum Gasteiger partial charge on any atom is -0.380 e. The van der Waals surface area contributed by atoms with E-state index < -0.39 is 0 Å². The molecule has 2 atom stereocenters. The van der Waals surface area contributed by atoms with Crippen molar-refractivity contribution in [3.05, 3.63) is 0 Å². The van der Waals surface area contributed by atoms with Gasteiger partial charge in [0.2, 0.25) is 0 Å². The number of methoxy groups -OCH3 is 1. The predicted octanol–water partition coefficient (Wildman–Crippen LogP) is -0.0751. The van der Waals surface area contributed by atoms with Gasteiger partial charge in [-0.05, 0) is 20.5 Å². The molecule has 0 aromatic carbocycles. The van der Waals surface area contributed by atoms with Crippen LogP contribution in [-0.2, 0) is 4.74 Å². The molecule has 1 aliphatic rings. The van der Waals surface area contributed by atoms with E-state index in [-0.39, 0.29) is 0 Å². The van der Waals surface area contributed by atoms with Gasteiger partial charge in [0.25, 0.3) is 0 Å². The van der Waals surface area contributed by atoms with E-state index >= 15 is 0 Å². The quantitative estimate of drug-likeness (QED) is 0.622. The van der Waals surface area contributed by atoms with Crippen molar-refractivity contribution in [2.24, 2.45) is 0 Å². The van der Waals surface area contributed by atoms with Crippen molar-refractivity contribution in [1.82, 2.24) is 10.2 Å². The monoisotopic (exact) mass is 158 g/mol. The minimum absolute atomic E-state index is 0.443. The van der Waals surface area contributed by atoms with Gasteiger partial charge < -0.3 is 10.1 Å². The third-order valence-corrected chi connectivity index (χ3v) is 2.42. The summed E-state index contributed by atoms with van der Waals surface area (Å²) in [7, 11) is 5.94. The van der Waals surface area contributed by atoms with E-state index in [4.69, 9.17) is 4.74 Å². The molecule has 1 N–H and O–H groups in total. The number of ether oxygens (including phenoxy) is 1. The van der Waals surface area contributed by atoms with Crippen molar-refractivity contribution >= 4 is 0 Å². The van der Waals surface area contributed by atoms with Crippen LogP contribution < -0.4 is 5.32 Å². The smallest absolute Gasteiger partial charge is 0.0713 e. The van der Waals surface area contributed by atoms with E-state index in [9.17, 15) is 0 Å². The Morgan fingerprint density at radius 1 is 1.64 bits per heavy atom. The number of nitrogens with zero attached hydrogens (tertiary/aromatic N) is 1. The molecular weight excluding hydrogens is 140 g/mol. The fraction of sp³-hybridized carbons (Fsp3) is 1.00. The molecule has 11 heavy (non-hydrogen) atoms. The summed E-state index contributed by atoms with van der Waals surface area (Å²) < 4.78 is 5.29. The fourth-order valence-corrected chi connectivity index (χ4v) is 1.67. The normalized spacial score (nSPS) is 33.0. The third kappa shape index (κ3) is 2.15. The van der Waals surface area contributed by atoms with Gasteiger partial charge in [-0.25, -0.2) is 0 Å². The third-order valence-electron chi connectivity index (χ3n) is 2.42. The minimum atomic E-state index is 0.443. The molecule has 66 valence electrons. The summed E-state index contributed by atoms with van der Waals surface area (Å²) in [6, 6.07) is 0.657. The van der Waals surface area contributed by atoms with Crippen LogP contribution in [0.2, 0.25) is 0 Å². The lowest BCUT2D eigenvalue weighted by atomic mass is 10.2. The van der Waals surface area contributed by atoms with E-state index in [1.807, 2.05) is 7.05 Å². The van der Waals surface area contributed by atoms with Gasteiger partial charge in [-0.2, -0.15) is 0 Å². The first-order valence-electron chi connectivity index (χ1n) is 4.15. The molecule has 1 rings (SSSR count). The van der Waals surface area contributed by atoms with Crippen LogP contribution in [0.1, 0.15) is 6.42 Å². The summed E-state index contributed by atoms with van der Waals surface area (Å²) in [5, 5.41) is 3.19. The fourth-order valence-electron chi connectivity index (χ4n) is 1.67. The largest absolute Gasteiger partial charge is 0.380 e. The zero-order valence-corrected chi connectivity index (χ0v) is 7.63. The summed E-state index contributed by atoms with van der Waals surface area (Å²) in [5.41, 5.74) is 0. The molecule has 3 heteroatoms. The second-order valence-electron chi connectivity index (χ2n) is 3.24. The van der Waals surface area contributed by atoms with Crippen molar-refractivity contribution in [2.75, 3.05) is 34.3 Å². The standard InChI is InChI=1S/C8H18N2O/c1-9-5-7-4-8(11-3)6-10(7)2/h7-9H,4-6H2,1-3H3/t7-,8-/m0/s1. The second-order valence-corrected chi connectivity index (χ2v) is 3.24. The molecule has 1 saturated heterocycles. The Balaban J connectivity index is 2.32. The highest BCUT2D eigenvalue weighted by atomic mass is 16.5. The Morgan fingerprint density at radius 2 is 2.36 bits per heavy atom. The SMILES string of the molecule is CNC[C@@H]1C[C@H](OC)CN1C. The molecule has 0 radical (unpaired) electrons. The maximum atomic E-state index is 5.29. The maximum absolute atomic E-state index is 5.29. The molecule has 1 aliphatic heterocycles. The molecule has 1 fully saturated rings. The Bertz CT molecular complexity index is 119. The number of likely N-dealkylation sites (N-methyl/N-ethyl adjacent to an activating group) is 2. The molecule has 0 amide bonds. The molecule has 0 aliphatic carbocycles. The molecule has 0 aromatic rings. The van der Waals surface area contributed by atoms with E-state index in [2.05, 4.69) is 17.3 Å². The summed E-state index contributed by atoms with van der Waals surface area (Å²) in [5.74, 6) is 0.